The van der Waals surface area contributed by atoms with Gasteiger partial charge >= 0.3 is 0 Å². The van der Waals surface area contributed by atoms with Crippen LogP contribution in [0.4, 0.5) is 11.9 Å². The van der Waals surface area contributed by atoms with Crippen LogP contribution in [-0.4, -0.2) is 48.9 Å². The Morgan fingerprint density at radius 2 is 2.15 bits per heavy atom. The van der Waals surface area contributed by atoms with Crippen molar-refractivity contribution < 1.29 is 9.57 Å². The van der Waals surface area contributed by atoms with E-state index in [9.17, 15) is 0 Å². The molecule has 7 nitrogen and oxygen atoms in total. The van der Waals surface area contributed by atoms with Crippen molar-refractivity contribution >= 4 is 11.9 Å². The van der Waals surface area contributed by atoms with Crippen molar-refractivity contribution in [3.63, 3.8) is 0 Å². The fourth-order valence-electron chi connectivity index (χ4n) is 1.82. The molecule has 2 heterocycles. The summed E-state index contributed by atoms with van der Waals surface area (Å²) in [5.41, 5.74) is 2.82. The minimum atomic E-state index is 0.237. The fraction of sp³-hybridized carbons (Fsp3) is 0.769. The number of nitrogens with one attached hydrogen (secondary N) is 1. The lowest BCUT2D eigenvalue weighted by molar-refractivity contribution is 0.125. The van der Waals surface area contributed by atoms with Gasteiger partial charge in [0.05, 0.1) is 13.2 Å². The van der Waals surface area contributed by atoms with Crippen molar-refractivity contribution in [3.8, 4) is 0 Å². The SMILES string of the molecule is CC(C)c1nc(NOCC2CCOC2)nc(N(C)C)n1. The molecule has 2 rings (SSSR count). The maximum absolute atomic E-state index is 5.47. The van der Waals surface area contributed by atoms with E-state index in [1.54, 1.807) is 0 Å². The van der Waals surface area contributed by atoms with Crippen LogP contribution in [0.3, 0.4) is 0 Å². The highest BCUT2D eigenvalue weighted by molar-refractivity contribution is 5.34. The standard InChI is InChI=1S/C13H23N5O2/c1-9(2)11-14-12(16-13(15-11)18(3)4)17-20-8-10-5-6-19-7-10/h9-10H,5-8H2,1-4H3,(H,14,15,16,17). The monoisotopic (exact) mass is 281 g/mol. The fourth-order valence-corrected chi connectivity index (χ4v) is 1.82. The second kappa shape index (κ2) is 6.81. The Morgan fingerprint density at radius 1 is 1.35 bits per heavy atom. The number of rotatable bonds is 6. The average molecular weight is 281 g/mol. The summed E-state index contributed by atoms with van der Waals surface area (Å²) in [6, 6.07) is 0. The van der Waals surface area contributed by atoms with Crippen LogP contribution >= 0.6 is 0 Å². The molecule has 0 radical (unpaired) electrons. The second-order valence-corrected chi connectivity index (χ2v) is 5.51. The van der Waals surface area contributed by atoms with E-state index in [1.165, 1.54) is 0 Å². The molecule has 1 aliphatic rings. The van der Waals surface area contributed by atoms with Crippen molar-refractivity contribution in [2.75, 3.05) is 44.3 Å². The summed E-state index contributed by atoms with van der Waals surface area (Å²) in [6.07, 6.45) is 1.04. The summed E-state index contributed by atoms with van der Waals surface area (Å²) >= 11 is 0. The maximum Gasteiger partial charge on any atom is 0.252 e. The minimum Gasteiger partial charge on any atom is -0.381 e. The summed E-state index contributed by atoms with van der Waals surface area (Å²) < 4.78 is 5.31. The molecule has 20 heavy (non-hydrogen) atoms. The molecule has 0 aromatic carbocycles. The van der Waals surface area contributed by atoms with E-state index in [4.69, 9.17) is 9.57 Å². The van der Waals surface area contributed by atoms with Gasteiger partial charge in [-0.25, -0.2) is 5.48 Å². The van der Waals surface area contributed by atoms with Crippen LogP contribution in [0.2, 0.25) is 0 Å². The van der Waals surface area contributed by atoms with Crippen molar-refractivity contribution in [1.29, 1.82) is 0 Å². The third-order valence-electron chi connectivity index (χ3n) is 3.06. The Hall–Kier alpha value is -1.47. The molecule has 7 heteroatoms. The van der Waals surface area contributed by atoms with Crippen LogP contribution in [0.15, 0.2) is 0 Å². The van der Waals surface area contributed by atoms with Gasteiger partial charge in [0.25, 0.3) is 5.95 Å². The number of hydrogen-bond donors (Lipinski definition) is 1. The first-order chi connectivity index (χ1) is 9.56. The van der Waals surface area contributed by atoms with Crippen LogP contribution in [0.5, 0.6) is 0 Å². The van der Waals surface area contributed by atoms with Gasteiger partial charge in [0.2, 0.25) is 5.95 Å². The first-order valence-corrected chi connectivity index (χ1v) is 6.95. The maximum atomic E-state index is 5.47. The highest BCUT2D eigenvalue weighted by Crippen LogP contribution is 2.16. The van der Waals surface area contributed by atoms with Crippen molar-refractivity contribution in [2.45, 2.75) is 26.2 Å². The van der Waals surface area contributed by atoms with Gasteiger partial charge in [0.1, 0.15) is 5.82 Å². The Labute approximate surface area is 119 Å². The Balaban J connectivity index is 1.98. The molecule has 1 aromatic heterocycles. The Kier molecular flexibility index (Phi) is 5.08. The molecule has 0 amide bonds. The number of hydrogen-bond acceptors (Lipinski definition) is 7. The van der Waals surface area contributed by atoms with Gasteiger partial charge in [0, 0.05) is 32.5 Å². The number of aromatic nitrogens is 3. The van der Waals surface area contributed by atoms with Crippen molar-refractivity contribution in [1.82, 2.24) is 15.0 Å². The normalized spacial score (nSPS) is 18.6. The first kappa shape index (κ1) is 14.9. The van der Waals surface area contributed by atoms with E-state index in [2.05, 4.69) is 34.3 Å². The lowest BCUT2D eigenvalue weighted by Gasteiger charge is -2.15. The van der Waals surface area contributed by atoms with Gasteiger partial charge in [-0.05, 0) is 6.42 Å². The number of nitrogens with zero attached hydrogens (tertiary/aromatic N) is 4. The summed E-state index contributed by atoms with van der Waals surface area (Å²) in [7, 11) is 3.81. The highest BCUT2D eigenvalue weighted by Gasteiger charge is 2.16. The van der Waals surface area contributed by atoms with Crippen LogP contribution in [0.25, 0.3) is 0 Å². The smallest absolute Gasteiger partial charge is 0.252 e. The van der Waals surface area contributed by atoms with Gasteiger partial charge in [0.15, 0.2) is 0 Å². The quantitative estimate of drug-likeness (QED) is 0.791. The predicted octanol–water partition coefficient (Wildman–Crippen LogP) is 1.44. The molecule has 1 atom stereocenters. The van der Waals surface area contributed by atoms with E-state index >= 15 is 0 Å². The summed E-state index contributed by atoms with van der Waals surface area (Å²) in [4.78, 5) is 20.4. The van der Waals surface area contributed by atoms with Gasteiger partial charge in [-0.2, -0.15) is 15.0 Å². The predicted molar refractivity (Wildman–Crippen MR) is 76.7 cm³/mol. The Morgan fingerprint density at radius 3 is 2.75 bits per heavy atom. The molecule has 112 valence electrons. The average Bonchev–Trinajstić information content (AvgIpc) is 2.91. The van der Waals surface area contributed by atoms with Gasteiger partial charge in [-0.1, -0.05) is 13.8 Å². The zero-order valence-electron chi connectivity index (χ0n) is 12.6. The zero-order chi connectivity index (χ0) is 14.5. The van der Waals surface area contributed by atoms with Crippen LogP contribution < -0.4 is 10.4 Å². The lowest BCUT2D eigenvalue weighted by atomic mass is 10.1. The third-order valence-corrected chi connectivity index (χ3v) is 3.06. The molecule has 1 fully saturated rings. The Bertz CT molecular complexity index is 407. The molecule has 0 spiro atoms. The van der Waals surface area contributed by atoms with E-state index in [0.29, 0.717) is 24.4 Å². The first-order valence-electron chi connectivity index (χ1n) is 6.95. The topological polar surface area (TPSA) is 72.4 Å². The number of ether oxygens (including phenoxy) is 1. The van der Waals surface area contributed by atoms with E-state index in [1.807, 2.05) is 19.0 Å². The highest BCUT2D eigenvalue weighted by atomic mass is 16.6. The summed E-state index contributed by atoms with van der Waals surface area (Å²) in [5, 5.41) is 0. The van der Waals surface area contributed by atoms with Crippen molar-refractivity contribution in [2.24, 2.45) is 5.92 Å². The molecule has 0 bridgehead atoms. The van der Waals surface area contributed by atoms with E-state index < -0.39 is 0 Å². The molecule has 1 unspecified atom stereocenters. The lowest BCUT2D eigenvalue weighted by Crippen LogP contribution is -2.19. The number of anilines is 2. The molecule has 1 saturated heterocycles. The second-order valence-electron chi connectivity index (χ2n) is 5.51. The molecule has 1 N–H and O–H groups in total. The summed E-state index contributed by atoms with van der Waals surface area (Å²) in [5.74, 6) is 2.51. The van der Waals surface area contributed by atoms with Crippen molar-refractivity contribution in [3.05, 3.63) is 5.82 Å². The molecule has 1 aromatic rings. The van der Waals surface area contributed by atoms with Crippen LogP contribution in [0, 0.1) is 5.92 Å². The molecule has 1 aliphatic heterocycles. The van der Waals surface area contributed by atoms with Crippen LogP contribution in [-0.2, 0) is 9.57 Å². The van der Waals surface area contributed by atoms with Gasteiger partial charge in [-0.3, -0.25) is 4.84 Å². The van der Waals surface area contributed by atoms with E-state index in [-0.39, 0.29) is 5.92 Å². The molecular formula is C13H23N5O2. The molecule has 0 saturated carbocycles. The van der Waals surface area contributed by atoms with Crippen LogP contribution in [0.1, 0.15) is 32.0 Å². The third kappa shape index (κ3) is 4.01. The summed E-state index contributed by atoms with van der Waals surface area (Å²) in [6.45, 7) is 6.28. The minimum absolute atomic E-state index is 0.237. The molecule has 0 aliphatic carbocycles. The zero-order valence-corrected chi connectivity index (χ0v) is 12.6. The van der Waals surface area contributed by atoms with Gasteiger partial charge < -0.3 is 9.64 Å². The van der Waals surface area contributed by atoms with Gasteiger partial charge in [-0.15, -0.1) is 0 Å². The largest absolute Gasteiger partial charge is 0.381 e. The molecular weight excluding hydrogens is 258 g/mol. The van der Waals surface area contributed by atoms with E-state index in [0.717, 1.165) is 25.5 Å².